The highest BCUT2D eigenvalue weighted by molar-refractivity contribution is 7.80. The third kappa shape index (κ3) is 4.44. The second kappa shape index (κ2) is 6.24. The summed E-state index contributed by atoms with van der Waals surface area (Å²) in [7, 11) is 0. The number of rotatable bonds is 5. The van der Waals surface area contributed by atoms with Gasteiger partial charge in [-0.1, -0.05) is 12.1 Å². The minimum atomic E-state index is -1.15. The van der Waals surface area contributed by atoms with Crippen LogP contribution in [-0.2, 0) is 16.0 Å². The standard InChI is InChI=1S/C11H12FNO3S/c12-8-3-1-2-7(4-8)5-10(14)13-9(6-17)11(15)16/h1-4,9,17H,5-6H2,(H,13,14)(H,15,16). The third-order valence-electron chi connectivity index (χ3n) is 2.07. The number of halogens is 1. The number of carboxylic acids is 1. The highest BCUT2D eigenvalue weighted by Gasteiger charge is 2.17. The number of carboxylic acid groups (broad SMARTS) is 1. The van der Waals surface area contributed by atoms with E-state index in [2.05, 4.69) is 17.9 Å². The zero-order valence-electron chi connectivity index (χ0n) is 8.89. The van der Waals surface area contributed by atoms with Gasteiger partial charge in [0, 0.05) is 5.75 Å². The quantitative estimate of drug-likeness (QED) is 0.686. The van der Waals surface area contributed by atoms with Gasteiger partial charge in [0.1, 0.15) is 11.9 Å². The Hall–Kier alpha value is -1.56. The lowest BCUT2D eigenvalue weighted by Gasteiger charge is -2.11. The van der Waals surface area contributed by atoms with Crippen LogP contribution in [0.2, 0.25) is 0 Å². The molecule has 2 N–H and O–H groups in total. The fraction of sp³-hybridized carbons (Fsp3) is 0.273. The number of carbonyl (C=O) groups excluding carboxylic acids is 1. The summed E-state index contributed by atoms with van der Waals surface area (Å²) in [4.78, 5) is 22.1. The summed E-state index contributed by atoms with van der Waals surface area (Å²) < 4.78 is 12.8. The van der Waals surface area contributed by atoms with Crippen molar-refractivity contribution in [3.05, 3.63) is 35.6 Å². The molecule has 17 heavy (non-hydrogen) atoms. The van der Waals surface area contributed by atoms with Crippen molar-refractivity contribution in [1.82, 2.24) is 5.32 Å². The summed E-state index contributed by atoms with van der Waals surface area (Å²) in [5.74, 6) is -2.05. The molecule has 0 heterocycles. The van der Waals surface area contributed by atoms with Crippen LogP contribution in [0.25, 0.3) is 0 Å². The predicted octanol–water partition coefficient (Wildman–Crippen LogP) is 0.867. The average molecular weight is 257 g/mol. The molecule has 4 nitrogen and oxygen atoms in total. The Bertz CT molecular complexity index is 425. The van der Waals surface area contributed by atoms with Crippen LogP contribution in [0, 0.1) is 5.82 Å². The Morgan fingerprint density at radius 1 is 1.47 bits per heavy atom. The first-order chi connectivity index (χ1) is 8.02. The third-order valence-corrected chi connectivity index (χ3v) is 2.43. The molecule has 0 aliphatic carbocycles. The van der Waals surface area contributed by atoms with Crippen molar-refractivity contribution < 1.29 is 19.1 Å². The van der Waals surface area contributed by atoms with Gasteiger partial charge in [-0.05, 0) is 17.7 Å². The maximum atomic E-state index is 12.8. The summed E-state index contributed by atoms with van der Waals surface area (Å²) >= 11 is 3.82. The molecular formula is C11H12FNO3S. The van der Waals surface area contributed by atoms with Crippen molar-refractivity contribution in [2.24, 2.45) is 0 Å². The highest BCUT2D eigenvalue weighted by atomic mass is 32.1. The molecule has 1 amide bonds. The van der Waals surface area contributed by atoms with Crippen molar-refractivity contribution in [1.29, 1.82) is 0 Å². The first-order valence-electron chi connectivity index (χ1n) is 4.90. The Kier molecular flexibility index (Phi) is 4.96. The predicted molar refractivity (Wildman–Crippen MR) is 63.5 cm³/mol. The number of aliphatic carboxylic acids is 1. The summed E-state index contributed by atoms with van der Waals surface area (Å²) in [6, 6.07) is 4.56. The van der Waals surface area contributed by atoms with E-state index in [-0.39, 0.29) is 12.2 Å². The second-order valence-electron chi connectivity index (χ2n) is 3.45. The van der Waals surface area contributed by atoms with Crippen molar-refractivity contribution in [3.8, 4) is 0 Å². The Labute approximate surface area is 103 Å². The molecule has 1 aromatic rings. The number of hydrogen-bond acceptors (Lipinski definition) is 3. The van der Waals surface area contributed by atoms with Crippen molar-refractivity contribution in [3.63, 3.8) is 0 Å². The van der Waals surface area contributed by atoms with E-state index in [4.69, 9.17) is 5.11 Å². The van der Waals surface area contributed by atoms with Crippen molar-refractivity contribution in [2.45, 2.75) is 12.5 Å². The summed E-state index contributed by atoms with van der Waals surface area (Å²) in [6.45, 7) is 0. The molecule has 0 aliphatic heterocycles. The largest absolute Gasteiger partial charge is 0.480 e. The van der Waals surface area contributed by atoms with Gasteiger partial charge in [-0.15, -0.1) is 0 Å². The van der Waals surface area contributed by atoms with E-state index in [1.807, 2.05) is 0 Å². The van der Waals surface area contributed by atoms with Gasteiger partial charge in [-0.2, -0.15) is 12.6 Å². The van der Waals surface area contributed by atoms with Crippen molar-refractivity contribution in [2.75, 3.05) is 5.75 Å². The van der Waals surface area contributed by atoms with Gasteiger partial charge >= 0.3 is 5.97 Å². The minimum absolute atomic E-state index is 0.00419. The highest BCUT2D eigenvalue weighted by Crippen LogP contribution is 2.04. The van der Waals surface area contributed by atoms with E-state index in [0.717, 1.165) is 0 Å². The SMILES string of the molecule is O=C(Cc1cccc(F)c1)NC(CS)C(=O)O. The molecule has 0 aliphatic rings. The van der Waals surface area contributed by atoms with E-state index in [9.17, 15) is 14.0 Å². The van der Waals surface area contributed by atoms with Crippen LogP contribution in [0.15, 0.2) is 24.3 Å². The molecule has 1 aromatic carbocycles. The van der Waals surface area contributed by atoms with Crippen LogP contribution in [0.4, 0.5) is 4.39 Å². The maximum absolute atomic E-state index is 12.8. The molecule has 1 rings (SSSR count). The van der Waals surface area contributed by atoms with E-state index >= 15 is 0 Å². The summed E-state index contributed by atoms with van der Waals surface area (Å²) in [6.07, 6.45) is -0.0602. The molecule has 0 spiro atoms. The van der Waals surface area contributed by atoms with Crippen LogP contribution in [0.5, 0.6) is 0 Å². The summed E-state index contributed by atoms with van der Waals surface area (Å²) in [5.41, 5.74) is 0.491. The second-order valence-corrected chi connectivity index (χ2v) is 3.81. The van der Waals surface area contributed by atoms with E-state index in [0.29, 0.717) is 5.56 Å². The van der Waals surface area contributed by atoms with E-state index < -0.39 is 23.7 Å². The molecule has 0 bridgehead atoms. The molecule has 6 heteroatoms. The van der Waals surface area contributed by atoms with Gasteiger partial charge in [-0.3, -0.25) is 4.79 Å². The monoisotopic (exact) mass is 257 g/mol. The average Bonchev–Trinajstić information content (AvgIpc) is 2.25. The molecular weight excluding hydrogens is 245 g/mol. The van der Waals surface area contributed by atoms with E-state index in [1.165, 1.54) is 18.2 Å². The number of benzene rings is 1. The van der Waals surface area contributed by atoms with Gasteiger partial charge in [0.25, 0.3) is 0 Å². The number of nitrogens with one attached hydrogen (secondary N) is 1. The van der Waals surface area contributed by atoms with Crippen LogP contribution < -0.4 is 5.32 Å². The van der Waals surface area contributed by atoms with Crippen molar-refractivity contribution >= 4 is 24.5 Å². The van der Waals surface area contributed by atoms with Gasteiger partial charge in [0.05, 0.1) is 6.42 Å². The fourth-order valence-corrected chi connectivity index (χ4v) is 1.51. The first kappa shape index (κ1) is 13.5. The van der Waals surface area contributed by atoms with Crippen LogP contribution in [0.1, 0.15) is 5.56 Å². The Morgan fingerprint density at radius 3 is 2.71 bits per heavy atom. The van der Waals surface area contributed by atoms with Crippen LogP contribution in [0.3, 0.4) is 0 Å². The van der Waals surface area contributed by atoms with Gasteiger partial charge in [0.15, 0.2) is 0 Å². The lowest BCUT2D eigenvalue weighted by atomic mass is 10.1. The van der Waals surface area contributed by atoms with Gasteiger partial charge < -0.3 is 10.4 Å². The molecule has 1 unspecified atom stereocenters. The molecule has 0 aromatic heterocycles. The molecule has 1 atom stereocenters. The molecule has 0 fully saturated rings. The minimum Gasteiger partial charge on any atom is -0.480 e. The van der Waals surface area contributed by atoms with Gasteiger partial charge in [-0.25, -0.2) is 9.18 Å². The number of thiol groups is 1. The lowest BCUT2D eigenvalue weighted by molar-refractivity contribution is -0.141. The number of carbonyl (C=O) groups is 2. The summed E-state index contributed by atoms with van der Waals surface area (Å²) in [5, 5.41) is 11.0. The molecule has 0 saturated carbocycles. The van der Waals surface area contributed by atoms with Crippen LogP contribution in [-0.4, -0.2) is 28.8 Å². The Balaban J connectivity index is 2.58. The first-order valence-corrected chi connectivity index (χ1v) is 5.53. The zero-order chi connectivity index (χ0) is 12.8. The zero-order valence-corrected chi connectivity index (χ0v) is 9.78. The van der Waals surface area contributed by atoms with Gasteiger partial charge in [0.2, 0.25) is 5.91 Å². The fourth-order valence-electron chi connectivity index (χ4n) is 1.26. The Morgan fingerprint density at radius 2 is 2.18 bits per heavy atom. The maximum Gasteiger partial charge on any atom is 0.327 e. The smallest absolute Gasteiger partial charge is 0.327 e. The normalized spacial score (nSPS) is 11.9. The molecule has 0 saturated heterocycles. The number of hydrogen-bond donors (Lipinski definition) is 3. The number of amides is 1. The van der Waals surface area contributed by atoms with E-state index in [1.54, 1.807) is 6.07 Å². The van der Waals surface area contributed by atoms with Crippen LogP contribution >= 0.6 is 12.6 Å². The molecule has 92 valence electrons. The topological polar surface area (TPSA) is 66.4 Å². The lowest BCUT2D eigenvalue weighted by Crippen LogP contribution is -2.42. The molecule has 0 radical (unpaired) electrons.